The molecule has 0 heterocycles. The van der Waals surface area contributed by atoms with Crippen molar-refractivity contribution in [1.29, 1.82) is 0 Å². The zero-order valence-corrected chi connectivity index (χ0v) is 13.2. The van der Waals surface area contributed by atoms with E-state index in [1.54, 1.807) is 25.1 Å². The van der Waals surface area contributed by atoms with Gasteiger partial charge in [-0.15, -0.1) is 11.8 Å². The summed E-state index contributed by atoms with van der Waals surface area (Å²) in [5.41, 5.74) is 3.40. The molecular formula is C17H18N2O2S. The second kappa shape index (κ2) is 8.89. The second-order valence-electron chi connectivity index (χ2n) is 4.48. The number of methoxy groups -OCH3 is 1. The van der Waals surface area contributed by atoms with Crippen LogP contribution in [-0.4, -0.2) is 25.0 Å². The van der Waals surface area contributed by atoms with Gasteiger partial charge in [-0.25, -0.2) is 5.43 Å². The van der Waals surface area contributed by atoms with Gasteiger partial charge in [0.2, 0.25) is 5.91 Å². The third-order valence-electron chi connectivity index (χ3n) is 2.84. The molecule has 114 valence electrons. The van der Waals surface area contributed by atoms with Gasteiger partial charge in [0, 0.05) is 17.1 Å². The Balaban J connectivity index is 1.72. The smallest absolute Gasteiger partial charge is 0.240 e. The van der Waals surface area contributed by atoms with Crippen LogP contribution in [0.5, 0.6) is 5.75 Å². The lowest BCUT2D eigenvalue weighted by Gasteiger charge is -2.01. The first-order valence-electron chi connectivity index (χ1n) is 6.92. The molecule has 1 N–H and O–H groups in total. The Morgan fingerprint density at radius 3 is 2.82 bits per heavy atom. The van der Waals surface area contributed by atoms with Crippen molar-refractivity contribution in [3.63, 3.8) is 0 Å². The van der Waals surface area contributed by atoms with Gasteiger partial charge < -0.3 is 4.74 Å². The molecule has 0 atom stereocenters. The molecule has 0 fully saturated rings. The van der Waals surface area contributed by atoms with Crippen LogP contribution < -0.4 is 10.2 Å². The van der Waals surface area contributed by atoms with Gasteiger partial charge in [0.05, 0.1) is 13.3 Å². The van der Waals surface area contributed by atoms with Crippen LogP contribution in [0, 0.1) is 0 Å². The molecular weight excluding hydrogens is 296 g/mol. The number of thioether (sulfide) groups is 1. The highest BCUT2D eigenvalue weighted by atomic mass is 32.2. The third kappa shape index (κ3) is 5.61. The van der Waals surface area contributed by atoms with Gasteiger partial charge in [-0.1, -0.05) is 30.3 Å². The standard InChI is InChI=1S/C17H18N2O2S/c1-21-15-7-5-6-14(12-15)13-18-19-17(20)10-11-22-16-8-3-2-4-9-16/h2-9,12-13H,10-11H2,1H3,(H,19,20)/b18-13+. The maximum Gasteiger partial charge on any atom is 0.240 e. The highest BCUT2D eigenvalue weighted by Gasteiger charge is 2.00. The summed E-state index contributed by atoms with van der Waals surface area (Å²) in [6, 6.07) is 17.5. The Hall–Kier alpha value is -2.27. The summed E-state index contributed by atoms with van der Waals surface area (Å²) in [6.07, 6.45) is 2.03. The SMILES string of the molecule is COc1cccc(/C=N/NC(=O)CCSc2ccccc2)c1. The van der Waals surface area contributed by atoms with Crippen LogP contribution in [0.4, 0.5) is 0 Å². The molecule has 4 nitrogen and oxygen atoms in total. The molecule has 0 saturated carbocycles. The minimum Gasteiger partial charge on any atom is -0.497 e. The number of hydrogen-bond donors (Lipinski definition) is 1. The molecule has 0 aliphatic rings. The van der Waals surface area contributed by atoms with Crippen LogP contribution in [0.3, 0.4) is 0 Å². The molecule has 5 heteroatoms. The van der Waals surface area contributed by atoms with Crippen molar-refractivity contribution in [2.75, 3.05) is 12.9 Å². The first kappa shape index (κ1) is 16.1. The third-order valence-corrected chi connectivity index (χ3v) is 3.85. The summed E-state index contributed by atoms with van der Waals surface area (Å²) in [7, 11) is 1.61. The number of rotatable bonds is 7. The van der Waals surface area contributed by atoms with E-state index in [0.717, 1.165) is 22.0 Å². The highest BCUT2D eigenvalue weighted by Crippen LogP contribution is 2.17. The van der Waals surface area contributed by atoms with Crippen LogP contribution >= 0.6 is 11.8 Å². The second-order valence-corrected chi connectivity index (χ2v) is 5.65. The fraction of sp³-hybridized carbons (Fsp3) is 0.176. The number of carbonyl (C=O) groups is 1. The quantitative estimate of drug-likeness (QED) is 0.484. The van der Waals surface area contributed by atoms with E-state index in [-0.39, 0.29) is 5.91 Å². The van der Waals surface area contributed by atoms with Gasteiger partial charge in [-0.2, -0.15) is 5.10 Å². The molecule has 22 heavy (non-hydrogen) atoms. The number of hydrogen-bond acceptors (Lipinski definition) is 4. The van der Waals surface area contributed by atoms with E-state index in [4.69, 9.17) is 4.74 Å². The maximum absolute atomic E-state index is 11.7. The summed E-state index contributed by atoms with van der Waals surface area (Å²) >= 11 is 1.65. The van der Waals surface area contributed by atoms with E-state index >= 15 is 0 Å². The normalized spacial score (nSPS) is 10.6. The summed E-state index contributed by atoms with van der Waals surface area (Å²) in [5.74, 6) is 1.39. The average Bonchev–Trinajstić information content (AvgIpc) is 2.56. The molecule has 0 aromatic heterocycles. The predicted octanol–water partition coefficient (Wildman–Crippen LogP) is 3.33. The van der Waals surface area contributed by atoms with E-state index in [2.05, 4.69) is 10.5 Å². The number of amides is 1. The van der Waals surface area contributed by atoms with Crippen molar-refractivity contribution in [2.45, 2.75) is 11.3 Å². The minimum absolute atomic E-state index is 0.0948. The molecule has 0 bridgehead atoms. The van der Waals surface area contributed by atoms with Crippen LogP contribution in [-0.2, 0) is 4.79 Å². The summed E-state index contributed by atoms with van der Waals surface area (Å²) < 4.78 is 5.13. The molecule has 2 aromatic rings. The fourth-order valence-electron chi connectivity index (χ4n) is 1.73. The van der Waals surface area contributed by atoms with Crippen LogP contribution in [0.2, 0.25) is 0 Å². The monoisotopic (exact) mass is 314 g/mol. The number of carbonyl (C=O) groups excluding carboxylic acids is 1. The molecule has 0 aliphatic carbocycles. The van der Waals surface area contributed by atoms with E-state index in [0.29, 0.717) is 6.42 Å². The average molecular weight is 314 g/mol. The topological polar surface area (TPSA) is 50.7 Å². The Labute approximate surface area is 134 Å². The summed E-state index contributed by atoms with van der Waals surface area (Å²) in [5, 5.41) is 3.95. The number of nitrogens with zero attached hydrogens (tertiary/aromatic N) is 1. The van der Waals surface area contributed by atoms with Gasteiger partial charge in [0.1, 0.15) is 5.75 Å². The van der Waals surface area contributed by atoms with Gasteiger partial charge in [0.15, 0.2) is 0 Å². The largest absolute Gasteiger partial charge is 0.497 e. The van der Waals surface area contributed by atoms with Crippen LogP contribution in [0.25, 0.3) is 0 Å². The van der Waals surface area contributed by atoms with Gasteiger partial charge in [0.25, 0.3) is 0 Å². The summed E-state index contributed by atoms with van der Waals surface area (Å²) in [6.45, 7) is 0. The number of benzene rings is 2. The number of nitrogens with one attached hydrogen (secondary N) is 1. The Kier molecular flexibility index (Phi) is 6.51. The number of ether oxygens (including phenoxy) is 1. The molecule has 2 rings (SSSR count). The van der Waals surface area contributed by atoms with E-state index in [1.165, 1.54) is 0 Å². The van der Waals surface area contributed by atoms with E-state index in [1.807, 2.05) is 54.6 Å². The van der Waals surface area contributed by atoms with E-state index < -0.39 is 0 Å². The first-order valence-corrected chi connectivity index (χ1v) is 7.90. The Morgan fingerprint density at radius 2 is 2.05 bits per heavy atom. The lowest BCUT2D eigenvalue weighted by atomic mass is 10.2. The molecule has 0 radical (unpaired) electrons. The first-order chi connectivity index (χ1) is 10.8. The van der Waals surface area contributed by atoms with Gasteiger partial charge in [-0.3, -0.25) is 4.79 Å². The van der Waals surface area contributed by atoms with Crippen molar-refractivity contribution in [3.8, 4) is 5.75 Å². The molecule has 2 aromatic carbocycles. The van der Waals surface area contributed by atoms with Crippen molar-refractivity contribution in [1.82, 2.24) is 5.43 Å². The lowest BCUT2D eigenvalue weighted by Crippen LogP contribution is -2.17. The lowest BCUT2D eigenvalue weighted by molar-refractivity contribution is -0.120. The molecule has 0 saturated heterocycles. The zero-order chi connectivity index (χ0) is 15.6. The summed E-state index contributed by atoms with van der Waals surface area (Å²) in [4.78, 5) is 12.8. The van der Waals surface area contributed by atoms with Gasteiger partial charge in [-0.05, 0) is 29.8 Å². The Bertz CT molecular complexity index is 630. The number of hydrazone groups is 1. The highest BCUT2D eigenvalue weighted by molar-refractivity contribution is 7.99. The van der Waals surface area contributed by atoms with E-state index in [9.17, 15) is 4.79 Å². The minimum atomic E-state index is -0.0948. The van der Waals surface area contributed by atoms with Crippen LogP contribution in [0.1, 0.15) is 12.0 Å². The molecule has 0 unspecified atom stereocenters. The van der Waals surface area contributed by atoms with Gasteiger partial charge >= 0.3 is 0 Å². The van der Waals surface area contributed by atoms with Crippen LogP contribution in [0.15, 0.2) is 64.6 Å². The molecule has 1 amide bonds. The van der Waals surface area contributed by atoms with Crippen molar-refractivity contribution in [3.05, 3.63) is 60.2 Å². The molecule has 0 aliphatic heterocycles. The Morgan fingerprint density at radius 1 is 1.23 bits per heavy atom. The van der Waals surface area contributed by atoms with Crippen molar-refractivity contribution < 1.29 is 9.53 Å². The zero-order valence-electron chi connectivity index (χ0n) is 12.4. The molecule has 0 spiro atoms. The fourth-order valence-corrected chi connectivity index (χ4v) is 2.61. The maximum atomic E-state index is 11.7. The van der Waals surface area contributed by atoms with Crippen molar-refractivity contribution in [2.24, 2.45) is 5.10 Å². The van der Waals surface area contributed by atoms with Crippen molar-refractivity contribution >= 4 is 23.9 Å². The predicted molar refractivity (Wildman–Crippen MR) is 90.5 cm³/mol.